The van der Waals surface area contributed by atoms with Gasteiger partial charge in [0.2, 0.25) is 29.5 Å². The van der Waals surface area contributed by atoms with Gasteiger partial charge in [-0.15, -0.1) is 0 Å². The van der Waals surface area contributed by atoms with Crippen molar-refractivity contribution in [2.75, 3.05) is 32.0 Å². The fourth-order valence-electron chi connectivity index (χ4n) is 4.33. The number of aromatic hydroxyl groups is 1. The summed E-state index contributed by atoms with van der Waals surface area (Å²) in [5.41, 5.74) is 22.9. The van der Waals surface area contributed by atoms with Crippen molar-refractivity contribution in [3.63, 3.8) is 0 Å². The number of carbonyl (C=O) groups is 6. The number of amides is 5. The number of nitrogens with two attached hydrogens (primary N) is 4. The molecule has 0 aliphatic heterocycles. The predicted molar refractivity (Wildman–Crippen MR) is 178 cm³/mol. The molecule has 0 aliphatic rings. The van der Waals surface area contributed by atoms with Crippen LogP contribution in [0.2, 0.25) is 0 Å². The Bertz CT molecular complexity index is 1210. The fourth-order valence-corrected chi connectivity index (χ4v) is 4.59. The van der Waals surface area contributed by atoms with E-state index in [2.05, 4.69) is 39.2 Å². The number of aliphatic carboxylic acids is 1. The van der Waals surface area contributed by atoms with Gasteiger partial charge in [-0.25, -0.2) is 4.79 Å². The van der Waals surface area contributed by atoms with Crippen molar-refractivity contribution in [1.29, 1.82) is 0 Å². The summed E-state index contributed by atoms with van der Waals surface area (Å²) in [6.07, 6.45) is 1.18. The van der Waals surface area contributed by atoms with Crippen LogP contribution in [0.1, 0.15) is 37.7 Å². The zero-order chi connectivity index (χ0) is 36.2. The average Bonchev–Trinajstić information content (AvgIpc) is 3.05. The van der Waals surface area contributed by atoms with Crippen molar-refractivity contribution in [3.8, 4) is 5.75 Å². The molecule has 19 heteroatoms. The molecule has 0 saturated carbocycles. The number of unbranched alkanes of at least 4 members (excludes halogenated alkanes) is 1. The van der Waals surface area contributed by atoms with Gasteiger partial charge in [-0.05, 0) is 69.4 Å². The van der Waals surface area contributed by atoms with E-state index in [1.54, 1.807) is 0 Å². The number of carboxylic acids is 1. The summed E-state index contributed by atoms with van der Waals surface area (Å²) in [4.78, 5) is 76.5. The molecule has 48 heavy (non-hydrogen) atoms. The van der Waals surface area contributed by atoms with E-state index in [1.165, 1.54) is 24.3 Å². The standard InChI is InChI=1S/C29H49N9O9S/c30-10-2-1-3-19(34-24(41)18(33)8-11-31)25(42)38-23(15-48)28(45)35-20(9-12-32)26(43)37-22(14-39)27(44)36-21(29(46)47)13-16-4-6-17(40)7-5-16/h4-7,18-23,39-40,48H,1-3,8-15,30-33H2,(H,34,41)(H,35,45)(H,36,44)(H,37,43)(H,38,42)(H,46,47)/t18-,19-,20-,21-,22-,23-/m0/s1. The maximum atomic E-state index is 13.2. The monoisotopic (exact) mass is 699 g/mol. The Hall–Kier alpha value is -4.01. The van der Waals surface area contributed by atoms with E-state index in [0.29, 0.717) is 24.9 Å². The van der Waals surface area contributed by atoms with Crippen LogP contribution in [0.15, 0.2) is 24.3 Å². The van der Waals surface area contributed by atoms with Crippen molar-refractivity contribution in [1.82, 2.24) is 26.6 Å². The second-order valence-electron chi connectivity index (χ2n) is 10.9. The number of hydrogen-bond donors (Lipinski definition) is 13. The molecule has 0 aliphatic carbocycles. The topological polar surface area (TPSA) is 327 Å². The van der Waals surface area contributed by atoms with E-state index in [1.807, 2.05) is 0 Å². The third-order valence-electron chi connectivity index (χ3n) is 7.10. The SMILES string of the molecule is NCCCC[C@H](NC(=O)[C@@H](N)CCN)C(=O)N[C@@H](CS)C(=O)N[C@@H](CCN)C(=O)N[C@@H](CO)C(=O)N[C@@H](Cc1ccc(O)cc1)C(=O)O. The van der Waals surface area contributed by atoms with Gasteiger partial charge < -0.3 is 64.8 Å². The van der Waals surface area contributed by atoms with Crippen LogP contribution in [-0.2, 0) is 35.2 Å². The molecule has 0 unspecified atom stereocenters. The first-order valence-electron chi connectivity index (χ1n) is 15.4. The van der Waals surface area contributed by atoms with Crippen LogP contribution < -0.4 is 49.5 Å². The number of thiol groups is 1. The molecule has 1 aromatic carbocycles. The first-order chi connectivity index (χ1) is 22.8. The summed E-state index contributed by atoms with van der Waals surface area (Å²) in [5, 5.41) is 40.9. The van der Waals surface area contributed by atoms with Gasteiger partial charge in [0.1, 0.15) is 36.0 Å². The molecule has 0 radical (unpaired) electrons. The second-order valence-corrected chi connectivity index (χ2v) is 11.3. The van der Waals surface area contributed by atoms with E-state index in [0.717, 1.165) is 0 Å². The Morgan fingerprint density at radius 3 is 1.65 bits per heavy atom. The number of phenols is 1. The van der Waals surface area contributed by atoms with Crippen LogP contribution in [0.4, 0.5) is 0 Å². The number of phenolic OH excluding ortho intramolecular Hbond substituents is 1. The zero-order valence-electron chi connectivity index (χ0n) is 26.6. The third kappa shape index (κ3) is 14.8. The van der Waals surface area contributed by atoms with Gasteiger partial charge in [-0.2, -0.15) is 12.6 Å². The molecule has 0 aromatic heterocycles. The van der Waals surface area contributed by atoms with Crippen LogP contribution in [0, 0.1) is 0 Å². The van der Waals surface area contributed by atoms with Crippen molar-refractivity contribution < 1.29 is 44.1 Å². The minimum absolute atomic E-state index is 0.0322. The summed E-state index contributed by atoms with van der Waals surface area (Å²) in [6.45, 7) is -0.474. The molecular formula is C29H49N9O9S. The molecule has 6 atom stereocenters. The number of carbonyl (C=O) groups excluding carboxylic acids is 5. The number of benzene rings is 1. The van der Waals surface area contributed by atoms with Gasteiger partial charge in [0.15, 0.2) is 0 Å². The molecule has 18 nitrogen and oxygen atoms in total. The Morgan fingerprint density at radius 2 is 1.12 bits per heavy atom. The quantitative estimate of drug-likeness (QED) is 0.0379. The lowest BCUT2D eigenvalue weighted by molar-refractivity contribution is -0.142. The largest absolute Gasteiger partial charge is 0.508 e. The fraction of sp³-hybridized carbons (Fsp3) is 0.586. The first kappa shape index (κ1) is 42.0. The molecule has 0 spiro atoms. The average molecular weight is 700 g/mol. The van der Waals surface area contributed by atoms with Gasteiger partial charge in [0.05, 0.1) is 12.6 Å². The van der Waals surface area contributed by atoms with E-state index in [-0.39, 0.29) is 50.3 Å². The van der Waals surface area contributed by atoms with Gasteiger partial charge in [0, 0.05) is 12.2 Å². The van der Waals surface area contributed by atoms with Crippen molar-refractivity contribution in [3.05, 3.63) is 29.8 Å². The highest BCUT2D eigenvalue weighted by molar-refractivity contribution is 7.80. The maximum absolute atomic E-state index is 13.2. The number of aliphatic hydroxyl groups excluding tert-OH is 1. The molecule has 0 saturated heterocycles. The highest BCUT2D eigenvalue weighted by Gasteiger charge is 2.32. The lowest BCUT2D eigenvalue weighted by Crippen LogP contribution is -2.60. The minimum atomic E-state index is -1.60. The van der Waals surface area contributed by atoms with Crippen LogP contribution >= 0.6 is 12.6 Å². The van der Waals surface area contributed by atoms with Crippen LogP contribution in [0.25, 0.3) is 0 Å². The molecule has 1 aromatic rings. The summed E-state index contributed by atoms with van der Waals surface area (Å²) in [6, 6.07) is -1.99. The van der Waals surface area contributed by atoms with Crippen molar-refractivity contribution >= 4 is 48.1 Å². The summed E-state index contributed by atoms with van der Waals surface area (Å²) in [7, 11) is 0. The van der Waals surface area contributed by atoms with Gasteiger partial charge in [0.25, 0.3) is 0 Å². The molecule has 0 fully saturated rings. The molecule has 16 N–H and O–H groups in total. The van der Waals surface area contributed by atoms with E-state index in [9.17, 15) is 44.1 Å². The van der Waals surface area contributed by atoms with E-state index < -0.39 is 78.4 Å². The molecule has 5 amide bonds. The Labute approximate surface area is 283 Å². The van der Waals surface area contributed by atoms with Crippen LogP contribution in [0.5, 0.6) is 5.75 Å². The Balaban J connectivity index is 2.96. The lowest BCUT2D eigenvalue weighted by Gasteiger charge is -2.26. The van der Waals surface area contributed by atoms with Gasteiger partial charge in [-0.3, -0.25) is 24.0 Å². The van der Waals surface area contributed by atoms with Crippen molar-refractivity contribution in [2.45, 2.75) is 74.8 Å². The van der Waals surface area contributed by atoms with Crippen molar-refractivity contribution in [2.24, 2.45) is 22.9 Å². The maximum Gasteiger partial charge on any atom is 0.326 e. The number of rotatable bonds is 23. The predicted octanol–water partition coefficient (Wildman–Crippen LogP) is -4.48. The summed E-state index contributed by atoms with van der Waals surface area (Å²) >= 11 is 4.14. The van der Waals surface area contributed by atoms with E-state index >= 15 is 0 Å². The lowest BCUT2D eigenvalue weighted by atomic mass is 10.1. The number of carboxylic acid groups (broad SMARTS) is 1. The molecule has 270 valence electrons. The Morgan fingerprint density at radius 1 is 0.646 bits per heavy atom. The Kier molecular flexibility index (Phi) is 19.7. The highest BCUT2D eigenvalue weighted by atomic mass is 32.1. The first-order valence-corrected chi connectivity index (χ1v) is 16.0. The molecule has 0 bridgehead atoms. The third-order valence-corrected chi connectivity index (χ3v) is 7.47. The molecular weight excluding hydrogens is 650 g/mol. The van der Waals surface area contributed by atoms with Crippen LogP contribution in [0.3, 0.4) is 0 Å². The van der Waals surface area contributed by atoms with E-state index in [4.69, 9.17) is 22.9 Å². The smallest absolute Gasteiger partial charge is 0.326 e. The number of nitrogens with one attached hydrogen (secondary N) is 5. The zero-order valence-corrected chi connectivity index (χ0v) is 27.5. The molecule has 1 rings (SSSR count). The van der Waals surface area contributed by atoms with Crippen LogP contribution in [-0.4, -0.2) is 119 Å². The minimum Gasteiger partial charge on any atom is -0.508 e. The van der Waals surface area contributed by atoms with Gasteiger partial charge >= 0.3 is 5.97 Å². The number of aliphatic hydroxyl groups is 1. The number of hydrogen-bond acceptors (Lipinski definition) is 13. The second kappa shape index (κ2) is 22.5. The van der Waals surface area contributed by atoms with Gasteiger partial charge in [-0.1, -0.05) is 12.1 Å². The summed E-state index contributed by atoms with van der Waals surface area (Å²) in [5.74, 6) is -5.68. The molecule has 0 heterocycles. The summed E-state index contributed by atoms with van der Waals surface area (Å²) < 4.78 is 0. The highest BCUT2D eigenvalue weighted by Crippen LogP contribution is 2.12. The normalized spacial score (nSPS) is 14.7.